The lowest BCUT2D eigenvalue weighted by atomic mass is 10.1. The van der Waals surface area contributed by atoms with Crippen molar-refractivity contribution in [3.8, 4) is 17.0 Å². The van der Waals surface area contributed by atoms with E-state index in [1.54, 1.807) is 18.4 Å². The van der Waals surface area contributed by atoms with Gasteiger partial charge < -0.3 is 29.7 Å². The van der Waals surface area contributed by atoms with Crippen molar-refractivity contribution in [2.24, 2.45) is 7.05 Å². The summed E-state index contributed by atoms with van der Waals surface area (Å²) in [4.78, 5) is 27.3. The third-order valence-electron chi connectivity index (χ3n) is 6.28. The van der Waals surface area contributed by atoms with Gasteiger partial charge >= 0.3 is 0 Å². The van der Waals surface area contributed by atoms with Crippen molar-refractivity contribution >= 4 is 50.5 Å². The van der Waals surface area contributed by atoms with Crippen LogP contribution in [0.2, 0.25) is 0 Å². The molecule has 0 unspecified atom stereocenters. The summed E-state index contributed by atoms with van der Waals surface area (Å²) in [5.41, 5.74) is 4.11. The summed E-state index contributed by atoms with van der Waals surface area (Å²) in [7, 11) is 5.73. The first-order chi connectivity index (χ1) is 17.4. The number of piperazine rings is 1. The maximum Gasteiger partial charge on any atom is 0.247 e. The van der Waals surface area contributed by atoms with Gasteiger partial charge in [-0.05, 0) is 36.7 Å². The van der Waals surface area contributed by atoms with E-state index in [1.807, 2.05) is 53.7 Å². The molecule has 0 spiro atoms. The molecule has 0 radical (unpaired) electrons. The minimum Gasteiger partial charge on any atom is -0.494 e. The first kappa shape index (κ1) is 23.8. The van der Waals surface area contributed by atoms with Crippen LogP contribution >= 0.6 is 11.3 Å². The maximum atomic E-state index is 12.3. The summed E-state index contributed by atoms with van der Waals surface area (Å²) < 4.78 is 7.76. The monoisotopic (exact) mass is 503 g/mol. The molecule has 2 N–H and O–H groups in total. The molecule has 0 bridgehead atoms. The van der Waals surface area contributed by atoms with E-state index in [-0.39, 0.29) is 5.91 Å². The number of hydrogen-bond acceptors (Lipinski definition) is 8. The first-order valence-electron chi connectivity index (χ1n) is 11.7. The van der Waals surface area contributed by atoms with Gasteiger partial charge in [-0.2, -0.15) is 0 Å². The number of benzene rings is 1. The number of carbonyl (C=O) groups is 1. The van der Waals surface area contributed by atoms with Gasteiger partial charge in [-0.3, -0.25) is 4.79 Å². The number of carbonyl (C=O) groups excluding carboxylic acids is 1. The van der Waals surface area contributed by atoms with Crippen LogP contribution in [0, 0.1) is 0 Å². The summed E-state index contributed by atoms with van der Waals surface area (Å²) in [6, 6.07) is 7.91. The van der Waals surface area contributed by atoms with Crippen LogP contribution in [0.15, 0.2) is 54.7 Å². The van der Waals surface area contributed by atoms with E-state index < -0.39 is 0 Å². The molecule has 1 saturated heterocycles. The van der Waals surface area contributed by atoms with Gasteiger partial charge in [-0.25, -0.2) is 9.97 Å². The number of nitrogens with zero attached hydrogens (tertiary/aromatic N) is 5. The topological polar surface area (TPSA) is 87.5 Å². The number of methoxy groups -OCH3 is 1. The van der Waals surface area contributed by atoms with Crippen molar-refractivity contribution in [2.75, 3.05) is 55.9 Å². The molecule has 4 aromatic rings. The predicted octanol–water partition coefficient (Wildman–Crippen LogP) is 4.33. The minimum atomic E-state index is -0.274. The van der Waals surface area contributed by atoms with Gasteiger partial charge in [0.05, 0.1) is 29.9 Å². The number of aryl methyl sites for hydroxylation is 1. The molecule has 1 aliphatic heterocycles. The Morgan fingerprint density at radius 2 is 1.94 bits per heavy atom. The molecule has 4 heterocycles. The van der Waals surface area contributed by atoms with Crippen LogP contribution in [-0.2, 0) is 11.8 Å². The standard InChI is InChI=1S/C26H29N7O2S/c1-5-23(34)27-19-14-20(22(35-4)15-21(19)33-11-9-31(2)10-12-33)28-26-29-24(17-6-8-32(3)16-17)18-7-13-36-25(18)30-26/h5-8,13-16H,1,9-12H2,2-4H3,(H,27,34)(H,28,29,30). The second-order valence-corrected chi connectivity index (χ2v) is 9.67. The molecule has 3 aromatic heterocycles. The lowest BCUT2D eigenvalue weighted by molar-refractivity contribution is -0.111. The van der Waals surface area contributed by atoms with Gasteiger partial charge in [0.25, 0.3) is 0 Å². The molecule has 0 atom stereocenters. The van der Waals surface area contributed by atoms with E-state index in [1.165, 1.54) is 6.08 Å². The molecule has 1 aromatic carbocycles. The number of aromatic nitrogens is 3. The van der Waals surface area contributed by atoms with E-state index in [0.29, 0.717) is 23.1 Å². The predicted molar refractivity (Wildman–Crippen MR) is 147 cm³/mol. The Bertz CT molecular complexity index is 1420. The molecule has 1 fully saturated rings. The number of ether oxygens (including phenoxy) is 1. The van der Waals surface area contributed by atoms with Crippen LogP contribution in [-0.4, -0.2) is 65.7 Å². The lowest BCUT2D eigenvalue weighted by Crippen LogP contribution is -2.44. The lowest BCUT2D eigenvalue weighted by Gasteiger charge is -2.35. The highest BCUT2D eigenvalue weighted by atomic mass is 32.1. The zero-order valence-corrected chi connectivity index (χ0v) is 21.4. The van der Waals surface area contributed by atoms with Crippen LogP contribution in [0.5, 0.6) is 5.75 Å². The van der Waals surface area contributed by atoms with Crippen molar-refractivity contribution in [1.82, 2.24) is 19.4 Å². The summed E-state index contributed by atoms with van der Waals surface area (Å²) >= 11 is 1.57. The van der Waals surface area contributed by atoms with E-state index in [0.717, 1.165) is 53.3 Å². The number of amides is 1. The number of thiophene rings is 1. The molecule has 36 heavy (non-hydrogen) atoms. The average Bonchev–Trinajstić information content (AvgIpc) is 3.53. The van der Waals surface area contributed by atoms with Crippen LogP contribution < -0.4 is 20.3 Å². The fourth-order valence-electron chi connectivity index (χ4n) is 4.32. The molecule has 0 saturated carbocycles. The van der Waals surface area contributed by atoms with Crippen molar-refractivity contribution in [2.45, 2.75) is 0 Å². The largest absolute Gasteiger partial charge is 0.494 e. The van der Waals surface area contributed by atoms with Crippen LogP contribution in [0.1, 0.15) is 0 Å². The number of fused-ring (bicyclic) bond motifs is 1. The van der Waals surface area contributed by atoms with Gasteiger partial charge in [0, 0.05) is 62.6 Å². The molecule has 1 aliphatic rings. The van der Waals surface area contributed by atoms with Gasteiger partial charge in [-0.15, -0.1) is 11.3 Å². The zero-order chi connectivity index (χ0) is 25.2. The van der Waals surface area contributed by atoms with Crippen LogP contribution in [0.4, 0.5) is 23.0 Å². The van der Waals surface area contributed by atoms with Crippen LogP contribution in [0.25, 0.3) is 21.5 Å². The number of rotatable bonds is 7. The van der Waals surface area contributed by atoms with E-state index >= 15 is 0 Å². The Hall–Kier alpha value is -3.89. The highest BCUT2D eigenvalue weighted by molar-refractivity contribution is 7.16. The van der Waals surface area contributed by atoms with Crippen molar-refractivity contribution < 1.29 is 9.53 Å². The molecule has 5 rings (SSSR count). The Morgan fingerprint density at radius 1 is 1.14 bits per heavy atom. The Balaban J connectivity index is 1.56. The summed E-state index contributed by atoms with van der Waals surface area (Å²) in [5.74, 6) is 0.816. The van der Waals surface area contributed by atoms with Gasteiger partial charge in [-0.1, -0.05) is 6.58 Å². The first-order valence-corrected chi connectivity index (χ1v) is 12.6. The molecule has 186 valence electrons. The van der Waals surface area contributed by atoms with Gasteiger partial charge in [0.1, 0.15) is 10.6 Å². The summed E-state index contributed by atoms with van der Waals surface area (Å²) in [5, 5.41) is 9.33. The SMILES string of the molecule is C=CC(=O)Nc1cc(Nc2nc(-c3ccn(C)c3)c3ccsc3n2)c(OC)cc1N1CCN(C)CC1. The zero-order valence-electron chi connectivity index (χ0n) is 20.6. The second kappa shape index (κ2) is 10.00. The highest BCUT2D eigenvalue weighted by Gasteiger charge is 2.21. The Labute approximate surface area is 214 Å². The van der Waals surface area contributed by atoms with E-state index in [2.05, 4.69) is 34.1 Å². The molecule has 9 nitrogen and oxygen atoms in total. The molecular weight excluding hydrogens is 474 g/mol. The number of hydrogen-bond donors (Lipinski definition) is 2. The van der Waals surface area contributed by atoms with E-state index in [4.69, 9.17) is 14.7 Å². The molecular formula is C26H29N7O2S. The normalized spacial score (nSPS) is 14.1. The van der Waals surface area contributed by atoms with Crippen LogP contribution in [0.3, 0.4) is 0 Å². The smallest absolute Gasteiger partial charge is 0.247 e. The second-order valence-electron chi connectivity index (χ2n) is 8.78. The molecule has 0 aliphatic carbocycles. The fraction of sp³-hybridized carbons (Fsp3) is 0.269. The van der Waals surface area contributed by atoms with Crippen molar-refractivity contribution in [3.63, 3.8) is 0 Å². The molecule has 1 amide bonds. The third kappa shape index (κ3) is 4.77. The maximum absolute atomic E-state index is 12.3. The number of nitrogens with one attached hydrogen (secondary N) is 2. The van der Waals surface area contributed by atoms with Crippen molar-refractivity contribution in [1.29, 1.82) is 0 Å². The number of anilines is 4. The average molecular weight is 504 g/mol. The molecule has 10 heteroatoms. The van der Waals surface area contributed by atoms with Crippen molar-refractivity contribution in [3.05, 3.63) is 54.7 Å². The number of likely N-dealkylation sites (N-methyl/N-ethyl adjacent to an activating group) is 1. The summed E-state index contributed by atoms with van der Waals surface area (Å²) in [6.07, 6.45) is 5.31. The van der Waals surface area contributed by atoms with Gasteiger partial charge in [0.15, 0.2) is 0 Å². The Morgan fingerprint density at radius 3 is 2.64 bits per heavy atom. The highest BCUT2D eigenvalue weighted by Crippen LogP contribution is 2.39. The quantitative estimate of drug-likeness (QED) is 0.363. The summed E-state index contributed by atoms with van der Waals surface area (Å²) in [6.45, 7) is 7.18. The Kier molecular flexibility index (Phi) is 6.62. The van der Waals surface area contributed by atoms with E-state index in [9.17, 15) is 4.79 Å². The minimum absolute atomic E-state index is 0.274. The van der Waals surface area contributed by atoms with Gasteiger partial charge in [0.2, 0.25) is 11.9 Å². The third-order valence-corrected chi connectivity index (χ3v) is 7.09. The fourth-order valence-corrected chi connectivity index (χ4v) is 5.09.